The van der Waals surface area contributed by atoms with Crippen molar-refractivity contribution >= 4 is 40.3 Å². The number of methoxy groups -OCH3 is 1. The number of esters is 2. The highest BCUT2D eigenvalue weighted by Crippen LogP contribution is 2.11. The van der Waals surface area contributed by atoms with E-state index >= 15 is 0 Å². The van der Waals surface area contributed by atoms with Crippen molar-refractivity contribution in [3.05, 3.63) is 35.9 Å². The Bertz CT molecular complexity index is 454. The van der Waals surface area contributed by atoms with Crippen LogP contribution < -0.4 is 0 Å². The van der Waals surface area contributed by atoms with Crippen molar-refractivity contribution < 1.29 is 23.9 Å². The molecule has 0 aliphatic rings. The molecular formula is C14H15IO5. The number of halogens is 1. The normalized spacial score (nSPS) is 11.5. The van der Waals surface area contributed by atoms with Crippen molar-refractivity contribution in [3.8, 4) is 0 Å². The van der Waals surface area contributed by atoms with E-state index in [1.54, 1.807) is 30.3 Å². The highest BCUT2D eigenvalue weighted by atomic mass is 127. The molecule has 1 rings (SSSR count). The second kappa shape index (κ2) is 8.68. The zero-order valence-corrected chi connectivity index (χ0v) is 13.2. The van der Waals surface area contributed by atoms with E-state index in [-0.39, 0.29) is 18.6 Å². The number of hydrogen-bond acceptors (Lipinski definition) is 5. The minimum Gasteiger partial charge on any atom is -0.469 e. The van der Waals surface area contributed by atoms with Crippen LogP contribution in [0.1, 0.15) is 23.2 Å². The van der Waals surface area contributed by atoms with Gasteiger partial charge in [-0.25, -0.2) is 4.79 Å². The average molecular weight is 390 g/mol. The quantitative estimate of drug-likeness (QED) is 0.406. The Morgan fingerprint density at radius 3 is 2.35 bits per heavy atom. The van der Waals surface area contributed by atoms with Gasteiger partial charge in [-0.1, -0.05) is 40.8 Å². The lowest BCUT2D eigenvalue weighted by Gasteiger charge is -2.16. The Morgan fingerprint density at radius 1 is 1.15 bits per heavy atom. The number of Topliss-reactive ketones (excluding diaryl/α,β-unsaturated/α-hetero) is 1. The maximum Gasteiger partial charge on any atom is 0.338 e. The van der Waals surface area contributed by atoms with E-state index in [0.717, 1.165) is 0 Å². The van der Waals surface area contributed by atoms with Crippen LogP contribution in [0, 0.1) is 0 Å². The average Bonchev–Trinajstić information content (AvgIpc) is 2.47. The van der Waals surface area contributed by atoms with Gasteiger partial charge in [0.15, 0.2) is 0 Å². The second-order valence-electron chi connectivity index (χ2n) is 4.05. The predicted molar refractivity (Wildman–Crippen MR) is 80.8 cm³/mol. The summed E-state index contributed by atoms with van der Waals surface area (Å²) in [6.45, 7) is 0. The number of carbonyl (C=O) groups is 3. The molecule has 0 radical (unpaired) electrons. The molecule has 0 saturated carbocycles. The monoisotopic (exact) mass is 390 g/mol. The molecule has 0 N–H and O–H groups in total. The summed E-state index contributed by atoms with van der Waals surface area (Å²) in [5, 5.41) is 0. The fraction of sp³-hybridized carbons (Fsp3) is 0.357. The fourth-order valence-electron chi connectivity index (χ4n) is 1.53. The minimum atomic E-state index is -0.794. The molecule has 0 unspecified atom stereocenters. The molecule has 1 aromatic carbocycles. The molecule has 0 aromatic heterocycles. The molecule has 1 aromatic rings. The first kappa shape index (κ1) is 16.6. The number of ketones is 1. The van der Waals surface area contributed by atoms with Gasteiger partial charge >= 0.3 is 11.9 Å². The smallest absolute Gasteiger partial charge is 0.338 e. The van der Waals surface area contributed by atoms with E-state index in [2.05, 4.69) is 4.74 Å². The number of ether oxygens (including phenoxy) is 2. The van der Waals surface area contributed by atoms with Crippen LogP contribution in [0.5, 0.6) is 0 Å². The Balaban J connectivity index is 2.70. The molecule has 0 saturated heterocycles. The lowest BCUT2D eigenvalue weighted by molar-refractivity contribution is -0.143. The van der Waals surface area contributed by atoms with Crippen molar-refractivity contribution in [2.24, 2.45) is 0 Å². The van der Waals surface area contributed by atoms with Crippen LogP contribution in [0.25, 0.3) is 0 Å². The Labute approximate surface area is 130 Å². The molecule has 0 heterocycles. The minimum absolute atomic E-state index is 0.0105. The van der Waals surface area contributed by atoms with Crippen molar-refractivity contribution in [3.63, 3.8) is 0 Å². The highest BCUT2D eigenvalue weighted by Gasteiger charge is 2.22. The summed E-state index contributed by atoms with van der Waals surface area (Å²) in [5.74, 6) is -1.15. The molecule has 108 valence electrons. The first-order chi connectivity index (χ1) is 9.56. The SMILES string of the molecule is COC(=O)C[C@@H](CC(=O)CI)OC(=O)c1ccccc1. The number of hydrogen-bond donors (Lipinski definition) is 0. The second-order valence-corrected chi connectivity index (χ2v) is 4.81. The summed E-state index contributed by atoms with van der Waals surface area (Å²) in [7, 11) is 1.25. The molecule has 0 aliphatic carbocycles. The van der Waals surface area contributed by atoms with E-state index in [1.807, 2.05) is 22.6 Å². The Kier molecular flexibility index (Phi) is 7.21. The van der Waals surface area contributed by atoms with E-state index in [1.165, 1.54) is 7.11 Å². The van der Waals surface area contributed by atoms with Gasteiger partial charge in [0.25, 0.3) is 0 Å². The lowest BCUT2D eigenvalue weighted by atomic mass is 10.1. The van der Waals surface area contributed by atoms with Crippen LogP contribution in [0.4, 0.5) is 0 Å². The zero-order chi connectivity index (χ0) is 15.0. The van der Waals surface area contributed by atoms with Crippen LogP contribution in [0.15, 0.2) is 30.3 Å². The molecule has 20 heavy (non-hydrogen) atoms. The lowest BCUT2D eigenvalue weighted by Crippen LogP contribution is -2.25. The van der Waals surface area contributed by atoms with E-state index in [9.17, 15) is 14.4 Å². The highest BCUT2D eigenvalue weighted by molar-refractivity contribution is 14.1. The summed E-state index contributed by atoms with van der Waals surface area (Å²) in [4.78, 5) is 34.6. The third-order valence-electron chi connectivity index (χ3n) is 2.51. The van der Waals surface area contributed by atoms with Gasteiger partial charge in [0.1, 0.15) is 11.9 Å². The van der Waals surface area contributed by atoms with Gasteiger partial charge in [-0.15, -0.1) is 0 Å². The topological polar surface area (TPSA) is 69.7 Å². The maximum absolute atomic E-state index is 11.9. The molecule has 0 bridgehead atoms. The Morgan fingerprint density at radius 2 is 1.80 bits per heavy atom. The molecule has 5 nitrogen and oxygen atoms in total. The fourth-order valence-corrected chi connectivity index (χ4v) is 1.84. The van der Waals surface area contributed by atoms with Gasteiger partial charge in [0.05, 0.1) is 23.5 Å². The van der Waals surface area contributed by atoms with Gasteiger partial charge in [-0.3, -0.25) is 9.59 Å². The summed E-state index contributed by atoms with van der Waals surface area (Å²) in [6, 6.07) is 8.42. The van der Waals surface area contributed by atoms with Crippen molar-refractivity contribution in [2.75, 3.05) is 11.5 Å². The van der Waals surface area contributed by atoms with E-state index < -0.39 is 18.0 Å². The van der Waals surface area contributed by atoms with Crippen molar-refractivity contribution in [1.29, 1.82) is 0 Å². The van der Waals surface area contributed by atoms with Crippen LogP contribution in [0.2, 0.25) is 0 Å². The van der Waals surface area contributed by atoms with Gasteiger partial charge in [0, 0.05) is 6.42 Å². The number of benzene rings is 1. The predicted octanol–water partition coefficient (Wildman–Crippen LogP) is 2.17. The van der Waals surface area contributed by atoms with E-state index in [0.29, 0.717) is 9.99 Å². The largest absolute Gasteiger partial charge is 0.469 e. The first-order valence-electron chi connectivity index (χ1n) is 5.97. The summed E-state index contributed by atoms with van der Waals surface area (Å²) >= 11 is 1.93. The van der Waals surface area contributed by atoms with Crippen LogP contribution >= 0.6 is 22.6 Å². The third-order valence-corrected chi connectivity index (χ3v) is 3.36. The summed E-state index contributed by atoms with van der Waals surface area (Å²) in [5.41, 5.74) is 0.379. The molecule has 6 heteroatoms. The van der Waals surface area contributed by atoms with Crippen molar-refractivity contribution in [1.82, 2.24) is 0 Å². The molecule has 0 spiro atoms. The number of carbonyl (C=O) groups excluding carboxylic acids is 3. The number of rotatable bonds is 7. The van der Waals surface area contributed by atoms with Gasteiger partial charge < -0.3 is 9.47 Å². The van der Waals surface area contributed by atoms with E-state index in [4.69, 9.17) is 4.74 Å². The van der Waals surface area contributed by atoms with Crippen molar-refractivity contribution in [2.45, 2.75) is 18.9 Å². The summed E-state index contributed by atoms with van der Waals surface area (Å²) < 4.78 is 10.1. The summed E-state index contributed by atoms with van der Waals surface area (Å²) in [6.07, 6.45) is -0.911. The molecule has 0 amide bonds. The maximum atomic E-state index is 11.9. The zero-order valence-electron chi connectivity index (χ0n) is 11.0. The molecule has 0 aliphatic heterocycles. The Hall–Kier alpha value is -1.44. The van der Waals surface area contributed by atoms with Gasteiger partial charge in [0.2, 0.25) is 0 Å². The molecule has 1 atom stereocenters. The first-order valence-corrected chi connectivity index (χ1v) is 7.50. The number of alkyl halides is 1. The van der Waals surface area contributed by atoms with Gasteiger partial charge in [-0.2, -0.15) is 0 Å². The third kappa shape index (κ3) is 5.68. The standard InChI is InChI=1S/C14H15IO5/c1-19-13(17)8-12(7-11(16)9-15)20-14(18)10-5-3-2-4-6-10/h2-6,12H,7-9H2,1H3/t12-/m1/s1. The van der Waals surface area contributed by atoms with Crippen LogP contribution in [-0.4, -0.2) is 35.4 Å². The molecule has 0 fully saturated rings. The van der Waals surface area contributed by atoms with Crippen LogP contribution in [-0.2, 0) is 19.1 Å². The molecular weight excluding hydrogens is 375 g/mol. The van der Waals surface area contributed by atoms with Gasteiger partial charge in [-0.05, 0) is 12.1 Å². The van der Waals surface area contributed by atoms with Crippen LogP contribution in [0.3, 0.4) is 0 Å².